The average molecular weight is 973 g/mol. The highest BCUT2D eigenvalue weighted by Gasteiger charge is 2.33. The summed E-state index contributed by atoms with van der Waals surface area (Å²) < 4.78 is 9.53. The fraction of sp³-hybridized carbons (Fsp3) is 0. The van der Waals surface area contributed by atoms with Crippen molar-refractivity contribution in [2.45, 2.75) is 0 Å². The molecule has 12 aromatic carbocycles. The molecule has 16 aromatic rings. The molecule has 4 nitrogen and oxygen atoms in total. The van der Waals surface area contributed by atoms with E-state index in [1.165, 1.54) is 58.2 Å². The lowest BCUT2D eigenvalue weighted by molar-refractivity contribution is 1.14. The van der Waals surface area contributed by atoms with Gasteiger partial charge in [0.05, 0.1) is 55.0 Å². The van der Waals surface area contributed by atoms with E-state index in [-0.39, 0.29) is 0 Å². The maximum Gasteiger partial charge on any atom is 0.220 e. The van der Waals surface area contributed by atoms with Gasteiger partial charge in [-0.05, 0) is 62.0 Å². The molecule has 4 aromatic heterocycles. The molecule has 0 atom stereocenters. The molecular formula is C68H36N4S2. The molecule has 0 N–H and O–H groups in total. The molecule has 6 heteroatoms. The number of benzene rings is 12. The molecule has 0 aliphatic rings. The lowest BCUT2D eigenvalue weighted by Crippen LogP contribution is -2.09. The SMILES string of the molecule is [C-]#[N+]c1c(-c2ccccc2)c(C#N)c(-n2c3c(ccc4c5ccccc5sc43)c3ccc4c5cccc(-c6ccccc6)c5sc4c32)c(-c2ccccc2)c1-n1c2cccc3c4ccccc4c4cccc1c4c32. The number of nitriles is 1. The van der Waals surface area contributed by atoms with E-state index in [0.717, 1.165) is 86.5 Å². The molecule has 74 heavy (non-hydrogen) atoms. The van der Waals surface area contributed by atoms with Crippen LogP contribution in [-0.4, -0.2) is 9.13 Å². The predicted molar refractivity (Wildman–Crippen MR) is 314 cm³/mol. The Bertz CT molecular complexity index is 5050. The number of nitrogens with zero attached hydrogens (tertiary/aromatic N) is 4. The molecule has 0 aliphatic carbocycles. The summed E-state index contributed by atoms with van der Waals surface area (Å²) in [5.74, 6) is 0. The summed E-state index contributed by atoms with van der Waals surface area (Å²) in [6.07, 6.45) is 0. The van der Waals surface area contributed by atoms with E-state index in [4.69, 9.17) is 0 Å². The Morgan fingerprint density at radius 1 is 0.378 bits per heavy atom. The summed E-state index contributed by atoms with van der Waals surface area (Å²) in [7, 11) is 0. The molecule has 16 rings (SSSR count). The third-order valence-corrected chi connectivity index (χ3v) is 18.0. The Morgan fingerprint density at radius 2 is 0.851 bits per heavy atom. The van der Waals surface area contributed by atoms with E-state index >= 15 is 0 Å². The first kappa shape index (κ1) is 41.1. The van der Waals surface area contributed by atoms with Gasteiger partial charge in [-0.15, -0.1) is 22.7 Å². The Balaban J connectivity index is 1.20. The van der Waals surface area contributed by atoms with Crippen molar-refractivity contribution in [2.24, 2.45) is 0 Å². The van der Waals surface area contributed by atoms with Crippen LogP contribution in [-0.2, 0) is 0 Å². The summed E-state index contributed by atoms with van der Waals surface area (Å²) in [6.45, 7) is 9.46. The first-order valence-electron chi connectivity index (χ1n) is 24.8. The van der Waals surface area contributed by atoms with Crippen LogP contribution in [0.25, 0.3) is 155 Å². The third kappa shape index (κ3) is 5.43. The first-order chi connectivity index (χ1) is 36.7. The molecule has 0 aliphatic heterocycles. The number of hydrogen-bond acceptors (Lipinski definition) is 3. The van der Waals surface area contributed by atoms with Gasteiger partial charge in [0.25, 0.3) is 0 Å². The van der Waals surface area contributed by atoms with Crippen LogP contribution in [0.2, 0.25) is 0 Å². The third-order valence-electron chi connectivity index (χ3n) is 15.5. The van der Waals surface area contributed by atoms with Gasteiger partial charge in [0.2, 0.25) is 5.69 Å². The van der Waals surface area contributed by atoms with Crippen LogP contribution in [0.1, 0.15) is 5.56 Å². The van der Waals surface area contributed by atoms with Crippen molar-refractivity contribution in [1.82, 2.24) is 9.13 Å². The smallest absolute Gasteiger partial charge is 0.220 e. The van der Waals surface area contributed by atoms with Crippen molar-refractivity contribution in [2.75, 3.05) is 0 Å². The molecule has 0 saturated carbocycles. The van der Waals surface area contributed by atoms with Crippen LogP contribution in [0.3, 0.4) is 0 Å². The van der Waals surface area contributed by atoms with Crippen molar-refractivity contribution in [1.29, 1.82) is 5.26 Å². The molecular weight excluding hydrogens is 937 g/mol. The van der Waals surface area contributed by atoms with E-state index < -0.39 is 0 Å². The monoisotopic (exact) mass is 972 g/mol. The van der Waals surface area contributed by atoms with Gasteiger partial charge in [0.15, 0.2) is 0 Å². The van der Waals surface area contributed by atoms with E-state index in [1.807, 2.05) is 35.6 Å². The quantitative estimate of drug-likeness (QED) is 0.125. The second kappa shape index (κ2) is 15.5. The highest BCUT2D eigenvalue weighted by atomic mass is 32.1. The Morgan fingerprint density at radius 3 is 1.46 bits per heavy atom. The minimum absolute atomic E-state index is 0.425. The van der Waals surface area contributed by atoms with Gasteiger partial charge in [0.1, 0.15) is 6.07 Å². The van der Waals surface area contributed by atoms with Gasteiger partial charge in [0, 0.05) is 63.6 Å². The summed E-state index contributed by atoms with van der Waals surface area (Å²) in [5.41, 5.74) is 12.0. The van der Waals surface area contributed by atoms with E-state index in [1.54, 1.807) is 11.3 Å². The fourth-order valence-electron chi connectivity index (χ4n) is 12.6. The first-order valence-corrected chi connectivity index (χ1v) is 26.4. The summed E-state index contributed by atoms with van der Waals surface area (Å²) in [5, 5.41) is 26.3. The van der Waals surface area contributed by atoms with E-state index in [0.29, 0.717) is 16.8 Å². The highest BCUT2D eigenvalue weighted by Crippen LogP contribution is 2.56. The van der Waals surface area contributed by atoms with Gasteiger partial charge in [-0.3, -0.25) is 0 Å². The van der Waals surface area contributed by atoms with Crippen LogP contribution in [0.5, 0.6) is 0 Å². The number of rotatable bonds is 5. The topological polar surface area (TPSA) is 38.0 Å². The van der Waals surface area contributed by atoms with Gasteiger partial charge in [-0.1, -0.05) is 200 Å². The summed E-state index contributed by atoms with van der Waals surface area (Å²) in [6, 6.07) is 80.7. The molecule has 0 saturated heterocycles. The Kier molecular flexibility index (Phi) is 8.59. The zero-order valence-corrected chi connectivity index (χ0v) is 41.0. The number of thiophene rings is 2. The van der Waals surface area contributed by atoms with E-state index in [2.05, 4.69) is 214 Å². The second-order valence-electron chi connectivity index (χ2n) is 19.2. The van der Waals surface area contributed by atoms with Crippen LogP contribution < -0.4 is 0 Å². The lowest BCUT2D eigenvalue weighted by Gasteiger charge is -2.26. The number of aromatic nitrogens is 2. The number of hydrogen-bond donors (Lipinski definition) is 0. The Labute approximate surface area is 431 Å². The maximum atomic E-state index is 12.3. The predicted octanol–water partition coefficient (Wildman–Crippen LogP) is 19.8. The summed E-state index contributed by atoms with van der Waals surface area (Å²) >= 11 is 3.63. The van der Waals surface area contributed by atoms with Crippen molar-refractivity contribution in [3.8, 4) is 50.8 Å². The molecule has 4 heterocycles. The molecule has 0 spiro atoms. The van der Waals surface area contributed by atoms with Crippen molar-refractivity contribution >= 4 is 134 Å². The second-order valence-corrected chi connectivity index (χ2v) is 21.2. The largest absolute Gasteiger partial charge is 0.318 e. The zero-order chi connectivity index (χ0) is 48.8. The van der Waals surface area contributed by atoms with Crippen LogP contribution >= 0.6 is 22.7 Å². The van der Waals surface area contributed by atoms with Crippen LogP contribution in [0.4, 0.5) is 5.69 Å². The fourth-order valence-corrected chi connectivity index (χ4v) is 15.2. The maximum absolute atomic E-state index is 12.3. The van der Waals surface area contributed by atoms with E-state index in [9.17, 15) is 11.8 Å². The zero-order valence-electron chi connectivity index (χ0n) is 39.4. The Hall–Kier alpha value is -9.56. The lowest BCUT2D eigenvalue weighted by atomic mass is 9.88. The molecule has 0 fully saturated rings. The molecule has 0 amide bonds. The van der Waals surface area contributed by atoms with Crippen molar-refractivity contribution < 1.29 is 0 Å². The average Bonchev–Trinajstić information content (AvgIpc) is 4.24. The normalized spacial score (nSPS) is 12.0. The van der Waals surface area contributed by atoms with Gasteiger partial charge < -0.3 is 9.13 Å². The number of fused-ring (bicyclic) bond motifs is 14. The van der Waals surface area contributed by atoms with Crippen molar-refractivity contribution in [3.05, 3.63) is 235 Å². The van der Waals surface area contributed by atoms with Gasteiger partial charge >= 0.3 is 0 Å². The molecule has 0 radical (unpaired) electrons. The van der Waals surface area contributed by atoms with Gasteiger partial charge in [-0.25, -0.2) is 4.85 Å². The summed E-state index contributed by atoms with van der Waals surface area (Å²) in [4.78, 5) is 4.63. The minimum atomic E-state index is 0.425. The minimum Gasteiger partial charge on any atom is -0.318 e. The highest BCUT2D eigenvalue weighted by molar-refractivity contribution is 7.27. The molecule has 0 bridgehead atoms. The van der Waals surface area contributed by atoms with Crippen LogP contribution in [0.15, 0.2) is 218 Å². The molecule has 340 valence electrons. The standard InChI is InChI=1S/C68H36N4S2/c1-70-61-57(40-20-7-3-8-21-40)53(38-69)62(58(41-22-9-4-10-23-41)65(61)71-54-31-16-28-46-43-24-11-12-25-44(43)47-29-17-32-55(71)60(47)59(46)54)72-63-48(34-36-51-45-26-13-14-33-56(45)73-67(51)63)49-35-37-52-50-30-15-27-42(39-18-5-2-6-19-39)66(50)74-68(52)64(49)72/h2-37H. The molecule has 0 unspecified atom stereocenters. The van der Waals surface area contributed by atoms with Crippen molar-refractivity contribution in [3.63, 3.8) is 0 Å². The van der Waals surface area contributed by atoms with Crippen LogP contribution in [0, 0.1) is 17.9 Å². The van der Waals surface area contributed by atoms with Gasteiger partial charge in [-0.2, -0.15) is 5.26 Å².